The van der Waals surface area contributed by atoms with E-state index in [1.54, 1.807) is 18.2 Å². The Morgan fingerprint density at radius 1 is 1.16 bits per heavy atom. The first-order chi connectivity index (χ1) is 8.97. The molecule has 6 heteroatoms. The summed E-state index contributed by atoms with van der Waals surface area (Å²) in [6.45, 7) is 0. The lowest BCUT2D eigenvalue weighted by molar-refractivity contribution is 0.102. The second-order valence-electron chi connectivity index (χ2n) is 3.71. The summed E-state index contributed by atoms with van der Waals surface area (Å²) in [5.41, 5.74) is 0.634. The Balaban J connectivity index is 2.28. The van der Waals surface area contributed by atoms with Gasteiger partial charge in [0.2, 0.25) is 0 Å². The molecule has 0 spiro atoms. The molecule has 0 saturated heterocycles. The molecule has 2 aromatic carbocycles. The summed E-state index contributed by atoms with van der Waals surface area (Å²) in [7, 11) is 0. The first-order valence-electron chi connectivity index (χ1n) is 5.19. The molecular formula is C13H7BrCl2FNO. The van der Waals surface area contributed by atoms with Gasteiger partial charge >= 0.3 is 0 Å². The zero-order chi connectivity index (χ0) is 14.0. The number of anilines is 1. The van der Waals surface area contributed by atoms with Gasteiger partial charge in [-0.05, 0) is 46.3 Å². The molecule has 0 atom stereocenters. The van der Waals surface area contributed by atoms with E-state index in [2.05, 4.69) is 21.2 Å². The van der Waals surface area contributed by atoms with E-state index >= 15 is 0 Å². The van der Waals surface area contributed by atoms with Gasteiger partial charge in [-0.3, -0.25) is 4.79 Å². The third-order valence-electron chi connectivity index (χ3n) is 2.32. The average molecular weight is 363 g/mol. The molecule has 0 bridgehead atoms. The van der Waals surface area contributed by atoms with Crippen LogP contribution in [-0.2, 0) is 0 Å². The van der Waals surface area contributed by atoms with Crippen molar-refractivity contribution in [2.24, 2.45) is 0 Å². The van der Waals surface area contributed by atoms with E-state index in [1.807, 2.05) is 0 Å². The van der Waals surface area contributed by atoms with Gasteiger partial charge in [0.1, 0.15) is 5.82 Å². The van der Waals surface area contributed by atoms with Crippen LogP contribution in [0.5, 0.6) is 0 Å². The monoisotopic (exact) mass is 361 g/mol. The molecule has 0 fully saturated rings. The molecule has 0 aliphatic carbocycles. The van der Waals surface area contributed by atoms with Crippen molar-refractivity contribution in [3.05, 3.63) is 62.3 Å². The molecule has 2 aromatic rings. The number of amides is 1. The number of hydrogen-bond acceptors (Lipinski definition) is 1. The summed E-state index contributed by atoms with van der Waals surface area (Å²) < 4.78 is 13.4. The quantitative estimate of drug-likeness (QED) is 0.786. The molecule has 0 aromatic heterocycles. The Morgan fingerprint density at radius 3 is 2.42 bits per heavy atom. The molecule has 0 unspecified atom stereocenters. The lowest BCUT2D eigenvalue weighted by atomic mass is 10.2. The fourth-order valence-electron chi connectivity index (χ4n) is 1.50. The highest BCUT2D eigenvalue weighted by molar-refractivity contribution is 9.10. The van der Waals surface area contributed by atoms with E-state index < -0.39 is 11.7 Å². The number of benzene rings is 2. The minimum absolute atomic E-state index is 0.112. The van der Waals surface area contributed by atoms with Crippen LogP contribution in [0.15, 0.2) is 40.9 Å². The van der Waals surface area contributed by atoms with Crippen LogP contribution >= 0.6 is 39.1 Å². The molecule has 0 aliphatic rings. The SMILES string of the molecule is O=C(Nc1cc(Cl)cc(Cl)c1)c1cccc(F)c1Br. The van der Waals surface area contributed by atoms with E-state index in [4.69, 9.17) is 23.2 Å². The molecule has 1 N–H and O–H groups in total. The number of rotatable bonds is 2. The molecular weight excluding hydrogens is 356 g/mol. The highest BCUT2D eigenvalue weighted by Gasteiger charge is 2.13. The minimum atomic E-state index is -0.503. The van der Waals surface area contributed by atoms with Crippen molar-refractivity contribution in [1.29, 1.82) is 0 Å². The zero-order valence-electron chi connectivity index (χ0n) is 9.38. The van der Waals surface area contributed by atoms with Crippen molar-refractivity contribution < 1.29 is 9.18 Å². The van der Waals surface area contributed by atoms with Crippen LogP contribution in [-0.4, -0.2) is 5.91 Å². The highest BCUT2D eigenvalue weighted by atomic mass is 79.9. The second-order valence-corrected chi connectivity index (χ2v) is 5.38. The van der Waals surface area contributed by atoms with Gasteiger partial charge in [-0.15, -0.1) is 0 Å². The van der Waals surface area contributed by atoms with Crippen molar-refractivity contribution in [2.75, 3.05) is 5.32 Å². The van der Waals surface area contributed by atoms with Crippen LogP contribution in [0.2, 0.25) is 10.0 Å². The normalized spacial score (nSPS) is 10.3. The van der Waals surface area contributed by atoms with Crippen molar-refractivity contribution in [2.45, 2.75) is 0 Å². The Labute approximate surface area is 127 Å². The molecule has 2 rings (SSSR count). The van der Waals surface area contributed by atoms with Gasteiger partial charge in [0.25, 0.3) is 5.91 Å². The van der Waals surface area contributed by atoms with Gasteiger partial charge in [0.15, 0.2) is 0 Å². The first kappa shape index (κ1) is 14.3. The van der Waals surface area contributed by atoms with Crippen LogP contribution < -0.4 is 5.32 Å². The van der Waals surface area contributed by atoms with Crippen molar-refractivity contribution in [1.82, 2.24) is 0 Å². The first-order valence-corrected chi connectivity index (χ1v) is 6.74. The van der Waals surface area contributed by atoms with Gasteiger partial charge in [-0.25, -0.2) is 4.39 Å². The Morgan fingerprint density at radius 2 is 1.79 bits per heavy atom. The third-order valence-corrected chi connectivity index (χ3v) is 3.56. The fourth-order valence-corrected chi connectivity index (χ4v) is 2.47. The van der Waals surface area contributed by atoms with E-state index in [0.717, 1.165) is 0 Å². The maximum absolute atomic E-state index is 13.3. The predicted molar refractivity (Wildman–Crippen MR) is 78.5 cm³/mol. The van der Waals surface area contributed by atoms with Gasteiger partial charge < -0.3 is 5.32 Å². The van der Waals surface area contributed by atoms with E-state index in [-0.39, 0.29) is 10.0 Å². The van der Waals surface area contributed by atoms with Gasteiger partial charge in [-0.2, -0.15) is 0 Å². The molecule has 19 heavy (non-hydrogen) atoms. The topological polar surface area (TPSA) is 29.1 Å². The molecule has 0 radical (unpaired) electrons. The fraction of sp³-hybridized carbons (Fsp3) is 0. The van der Waals surface area contributed by atoms with E-state index in [0.29, 0.717) is 15.7 Å². The van der Waals surface area contributed by atoms with E-state index in [9.17, 15) is 9.18 Å². The Kier molecular flexibility index (Phi) is 4.45. The zero-order valence-corrected chi connectivity index (χ0v) is 12.5. The largest absolute Gasteiger partial charge is 0.322 e. The van der Waals surface area contributed by atoms with Crippen molar-refractivity contribution in [3.8, 4) is 0 Å². The summed E-state index contributed by atoms with van der Waals surface area (Å²) in [5, 5.41) is 3.41. The maximum Gasteiger partial charge on any atom is 0.256 e. The third kappa shape index (κ3) is 3.47. The predicted octanol–water partition coefficient (Wildman–Crippen LogP) is 5.15. The van der Waals surface area contributed by atoms with Crippen LogP contribution in [0.1, 0.15) is 10.4 Å². The molecule has 98 valence electrons. The molecule has 2 nitrogen and oxygen atoms in total. The summed E-state index contributed by atoms with van der Waals surface area (Å²) in [4.78, 5) is 12.0. The highest BCUT2D eigenvalue weighted by Crippen LogP contribution is 2.25. The lowest BCUT2D eigenvalue weighted by Gasteiger charge is -2.08. The van der Waals surface area contributed by atoms with Crippen LogP contribution in [0, 0.1) is 5.82 Å². The molecule has 0 saturated carbocycles. The minimum Gasteiger partial charge on any atom is -0.322 e. The number of carbonyl (C=O) groups is 1. The van der Waals surface area contributed by atoms with Crippen molar-refractivity contribution >= 4 is 50.7 Å². The van der Waals surface area contributed by atoms with Gasteiger partial charge in [0, 0.05) is 15.7 Å². The molecule has 0 aliphatic heterocycles. The Bertz CT molecular complexity index is 628. The summed E-state index contributed by atoms with van der Waals surface area (Å²) in [6, 6.07) is 8.89. The second kappa shape index (κ2) is 5.90. The molecule has 1 amide bonds. The van der Waals surface area contributed by atoms with Gasteiger partial charge in [0.05, 0.1) is 10.0 Å². The molecule has 0 heterocycles. The smallest absolute Gasteiger partial charge is 0.256 e. The summed E-state index contributed by atoms with van der Waals surface area (Å²) in [5.74, 6) is -0.957. The van der Waals surface area contributed by atoms with Gasteiger partial charge in [-0.1, -0.05) is 29.3 Å². The van der Waals surface area contributed by atoms with Crippen LogP contribution in [0.4, 0.5) is 10.1 Å². The summed E-state index contributed by atoms with van der Waals surface area (Å²) in [6.07, 6.45) is 0. The number of nitrogens with one attached hydrogen (secondary N) is 1. The average Bonchev–Trinajstić information content (AvgIpc) is 2.31. The van der Waals surface area contributed by atoms with E-state index in [1.165, 1.54) is 18.2 Å². The number of carbonyl (C=O) groups excluding carboxylic acids is 1. The number of halogens is 4. The van der Waals surface area contributed by atoms with Crippen molar-refractivity contribution in [3.63, 3.8) is 0 Å². The standard InChI is InChI=1S/C13H7BrCl2FNO/c14-12-10(2-1-3-11(12)17)13(19)18-9-5-7(15)4-8(16)6-9/h1-6H,(H,18,19). The lowest BCUT2D eigenvalue weighted by Crippen LogP contribution is -2.13. The van der Waals surface area contributed by atoms with Crippen LogP contribution in [0.3, 0.4) is 0 Å². The summed E-state index contributed by atoms with van der Waals surface area (Å²) >= 11 is 14.7. The Hall–Kier alpha value is -1.10. The van der Waals surface area contributed by atoms with Crippen LogP contribution in [0.25, 0.3) is 0 Å². The maximum atomic E-state index is 13.3. The number of hydrogen-bond donors (Lipinski definition) is 1.